The molecule has 1 aliphatic rings. The summed E-state index contributed by atoms with van der Waals surface area (Å²) < 4.78 is 5.95. The van der Waals surface area contributed by atoms with Crippen molar-refractivity contribution >= 4 is 40.6 Å². The fourth-order valence-electron chi connectivity index (χ4n) is 3.02. The number of thioether (sulfide) groups is 1. The summed E-state index contributed by atoms with van der Waals surface area (Å²) in [5, 5.41) is 0.403. The first-order valence-electron chi connectivity index (χ1n) is 9.36. The van der Waals surface area contributed by atoms with E-state index in [9.17, 15) is 9.59 Å². The highest BCUT2D eigenvalue weighted by molar-refractivity contribution is 8.18. The van der Waals surface area contributed by atoms with Crippen LogP contribution < -0.4 is 4.74 Å². The van der Waals surface area contributed by atoms with Crippen molar-refractivity contribution in [1.29, 1.82) is 0 Å². The third-order valence-corrected chi connectivity index (χ3v) is 5.73. The Morgan fingerprint density at radius 1 is 0.867 bits per heavy atom. The van der Waals surface area contributed by atoms with Gasteiger partial charge < -0.3 is 4.74 Å². The third kappa shape index (κ3) is 4.75. The van der Waals surface area contributed by atoms with E-state index in [1.165, 1.54) is 4.90 Å². The molecule has 0 radical (unpaired) electrons. The Balaban J connectivity index is 1.51. The van der Waals surface area contributed by atoms with Crippen molar-refractivity contribution in [2.24, 2.45) is 0 Å². The van der Waals surface area contributed by atoms with Gasteiger partial charge in [0.25, 0.3) is 11.1 Å². The van der Waals surface area contributed by atoms with E-state index in [0.29, 0.717) is 22.3 Å². The second-order valence-electron chi connectivity index (χ2n) is 6.71. The zero-order chi connectivity index (χ0) is 20.9. The Labute approximate surface area is 184 Å². The summed E-state index contributed by atoms with van der Waals surface area (Å²) in [5.41, 5.74) is 2.64. The predicted octanol–water partition coefficient (Wildman–Crippen LogP) is 6.16. The van der Waals surface area contributed by atoms with Gasteiger partial charge in [-0.05, 0) is 47.2 Å². The zero-order valence-corrected chi connectivity index (χ0v) is 17.5. The lowest BCUT2D eigenvalue weighted by molar-refractivity contribution is -0.123. The van der Waals surface area contributed by atoms with Gasteiger partial charge in [0.2, 0.25) is 0 Å². The van der Waals surface area contributed by atoms with Crippen LogP contribution in [0.5, 0.6) is 5.75 Å². The van der Waals surface area contributed by atoms with E-state index in [2.05, 4.69) is 0 Å². The second kappa shape index (κ2) is 9.20. The molecule has 30 heavy (non-hydrogen) atoms. The molecule has 3 aromatic carbocycles. The fraction of sp³-hybridized carbons (Fsp3) is 0.0833. The van der Waals surface area contributed by atoms with E-state index >= 15 is 0 Å². The van der Waals surface area contributed by atoms with Crippen LogP contribution in [0.2, 0.25) is 5.02 Å². The molecule has 0 aliphatic carbocycles. The molecule has 1 heterocycles. The summed E-state index contributed by atoms with van der Waals surface area (Å²) in [6, 6.07) is 24.3. The molecule has 0 saturated carbocycles. The summed E-state index contributed by atoms with van der Waals surface area (Å²) >= 11 is 6.87. The number of nitrogens with zero attached hydrogens (tertiary/aromatic N) is 1. The number of hydrogen-bond acceptors (Lipinski definition) is 4. The van der Waals surface area contributed by atoms with Gasteiger partial charge in [-0.1, -0.05) is 72.3 Å². The van der Waals surface area contributed by atoms with E-state index in [4.69, 9.17) is 16.3 Å². The maximum Gasteiger partial charge on any atom is 0.293 e. The van der Waals surface area contributed by atoms with Crippen LogP contribution in [0.4, 0.5) is 4.79 Å². The predicted molar refractivity (Wildman–Crippen MR) is 120 cm³/mol. The van der Waals surface area contributed by atoms with Crippen molar-refractivity contribution < 1.29 is 14.3 Å². The quantitative estimate of drug-likeness (QED) is 0.435. The molecule has 4 nitrogen and oxygen atoms in total. The SMILES string of the molecule is O=C1S/C(=C/c2ccccc2OCc2ccc(Cl)cc2)C(=O)N1Cc1ccccc1. The first kappa shape index (κ1) is 20.3. The summed E-state index contributed by atoms with van der Waals surface area (Å²) in [4.78, 5) is 26.9. The third-order valence-electron chi connectivity index (χ3n) is 4.57. The largest absolute Gasteiger partial charge is 0.488 e. The van der Waals surface area contributed by atoms with Gasteiger partial charge in [-0.2, -0.15) is 0 Å². The number of hydrogen-bond donors (Lipinski definition) is 0. The van der Waals surface area contributed by atoms with E-state index in [1.807, 2.05) is 78.9 Å². The monoisotopic (exact) mass is 435 g/mol. The van der Waals surface area contributed by atoms with Crippen LogP contribution in [-0.4, -0.2) is 16.0 Å². The van der Waals surface area contributed by atoms with Crippen LogP contribution in [0.1, 0.15) is 16.7 Å². The molecule has 150 valence electrons. The first-order chi connectivity index (χ1) is 14.6. The Kier molecular flexibility index (Phi) is 6.21. The van der Waals surface area contributed by atoms with E-state index in [-0.39, 0.29) is 17.7 Å². The molecule has 3 aromatic rings. The molecular formula is C24H18ClNO3S. The molecule has 6 heteroatoms. The van der Waals surface area contributed by atoms with Crippen LogP contribution >= 0.6 is 23.4 Å². The molecule has 1 aliphatic heterocycles. The number of benzene rings is 3. The highest BCUT2D eigenvalue weighted by atomic mass is 35.5. The molecule has 2 amide bonds. The standard InChI is InChI=1S/C24H18ClNO3S/c25-20-12-10-18(11-13-20)16-29-21-9-5-4-8-19(21)14-22-23(27)26(24(28)30-22)15-17-6-2-1-3-7-17/h1-14H,15-16H2/b22-14+. The van der Waals surface area contributed by atoms with Crippen LogP contribution in [0.15, 0.2) is 83.8 Å². The van der Waals surface area contributed by atoms with E-state index in [0.717, 1.165) is 28.5 Å². The highest BCUT2D eigenvalue weighted by Gasteiger charge is 2.35. The molecule has 0 N–H and O–H groups in total. The normalized spacial score (nSPS) is 15.1. The van der Waals surface area contributed by atoms with Gasteiger partial charge in [0.1, 0.15) is 12.4 Å². The van der Waals surface area contributed by atoms with E-state index < -0.39 is 0 Å². The highest BCUT2D eigenvalue weighted by Crippen LogP contribution is 2.35. The molecule has 4 rings (SSSR count). The molecule has 1 fully saturated rings. The summed E-state index contributed by atoms with van der Waals surface area (Å²) in [7, 11) is 0. The first-order valence-corrected chi connectivity index (χ1v) is 10.6. The number of rotatable bonds is 6. The van der Waals surface area contributed by atoms with Crippen LogP contribution in [-0.2, 0) is 17.9 Å². The Bertz CT molecular complexity index is 1100. The Hall–Kier alpha value is -3.02. The molecule has 0 atom stereocenters. The van der Waals surface area contributed by atoms with Gasteiger partial charge in [-0.3, -0.25) is 14.5 Å². The van der Waals surface area contributed by atoms with Crippen molar-refractivity contribution in [3.05, 3.63) is 105 Å². The Morgan fingerprint density at radius 3 is 2.33 bits per heavy atom. The van der Waals surface area contributed by atoms with Crippen molar-refractivity contribution in [3.63, 3.8) is 0 Å². The van der Waals surface area contributed by atoms with Gasteiger partial charge in [0.05, 0.1) is 11.4 Å². The topological polar surface area (TPSA) is 46.6 Å². The lowest BCUT2D eigenvalue weighted by Crippen LogP contribution is -2.27. The van der Waals surface area contributed by atoms with Crippen molar-refractivity contribution in [2.75, 3.05) is 0 Å². The molecule has 0 aromatic heterocycles. The van der Waals surface area contributed by atoms with Crippen LogP contribution in [0, 0.1) is 0 Å². The average Bonchev–Trinajstić information content (AvgIpc) is 3.02. The number of ether oxygens (including phenoxy) is 1. The smallest absolute Gasteiger partial charge is 0.293 e. The van der Waals surface area contributed by atoms with Crippen molar-refractivity contribution in [2.45, 2.75) is 13.2 Å². The summed E-state index contributed by atoms with van der Waals surface area (Å²) in [6.45, 7) is 0.634. The molecule has 0 bridgehead atoms. The number of imide groups is 1. The second-order valence-corrected chi connectivity index (χ2v) is 8.14. The number of amides is 2. The maximum atomic E-state index is 12.8. The molecule has 0 spiro atoms. The molecular weight excluding hydrogens is 418 g/mol. The molecule has 0 unspecified atom stereocenters. The minimum absolute atomic E-state index is 0.261. The summed E-state index contributed by atoms with van der Waals surface area (Å²) in [6.07, 6.45) is 1.72. The number of carbonyl (C=O) groups excluding carboxylic acids is 2. The minimum atomic E-state index is -0.290. The number of carbonyl (C=O) groups is 2. The van der Waals surface area contributed by atoms with Crippen molar-refractivity contribution in [3.8, 4) is 5.75 Å². The molecule has 1 saturated heterocycles. The van der Waals surface area contributed by atoms with Crippen molar-refractivity contribution in [1.82, 2.24) is 4.90 Å². The van der Waals surface area contributed by atoms with Gasteiger partial charge in [-0.15, -0.1) is 0 Å². The van der Waals surface area contributed by atoms with Gasteiger partial charge in [0, 0.05) is 10.6 Å². The van der Waals surface area contributed by atoms with Gasteiger partial charge >= 0.3 is 0 Å². The van der Waals surface area contributed by atoms with Gasteiger partial charge in [0.15, 0.2) is 0 Å². The number of para-hydroxylation sites is 1. The van der Waals surface area contributed by atoms with Gasteiger partial charge in [-0.25, -0.2) is 0 Å². The lowest BCUT2D eigenvalue weighted by atomic mass is 10.1. The number of halogens is 1. The van der Waals surface area contributed by atoms with Crippen LogP contribution in [0.3, 0.4) is 0 Å². The maximum absolute atomic E-state index is 12.8. The zero-order valence-electron chi connectivity index (χ0n) is 16.0. The fourth-order valence-corrected chi connectivity index (χ4v) is 3.97. The average molecular weight is 436 g/mol. The van der Waals surface area contributed by atoms with Crippen LogP contribution in [0.25, 0.3) is 6.08 Å². The lowest BCUT2D eigenvalue weighted by Gasteiger charge is -2.12. The minimum Gasteiger partial charge on any atom is -0.488 e. The Morgan fingerprint density at radius 2 is 1.57 bits per heavy atom. The van der Waals surface area contributed by atoms with E-state index in [1.54, 1.807) is 6.08 Å². The summed E-state index contributed by atoms with van der Waals surface area (Å²) in [5.74, 6) is 0.351.